The lowest BCUT2D eigenvalue weighted by Gasteiger charge is -2.20. The Balaban J connectivity index is 1.55. The molecule has 0 spiro atoms. The molecule has 196 valence electrons. The third-order valence-electron chi connectivity index (χ3n) is 5.87. The van der Waals surface area contributed by atoms with Gasteiger partial charge in [-0.2, -0.15) is 8.78 Å². The van der Waals surface area contributed by atoms with E-state index in [0.717, 1.165) is 42.5 Å². The number of rotatable bonds is 7. The molecule has 0 bridgehead atoms. The molecule has 0 amide bonds. The van der Waals surface area contributed by atoms with E-state index in [1.807, 2.05) is 19.1 Å². The van der Waals surface area contributed by atoms with Crippen molar-refractivity contribution in [1.29, 1.82) is 0 Å². The van der Waals surface area contributed by atoms with E-state index in [1.165, 1.54) is 6.07 Å². The molecule has 0 N–H and O–H groups in total. The Labute approximate surface area is 207 Å². The summed E-state index contributed by atoms with van der Waals surface area (Å²) in [6.45, 7) is 2.04. The lowest BCUT2D eigenvalue weighted by Crippen LogP contribution is -2.24. The molecule has 0 aliphatic heterocycles. The maximum atomic E-state index is 14.8. The minimum Gasteiger partial charge on any atom is -0.429 e. The summed E-state index contributed by atoms with van der Waals surface area (Å²) in [7, 11) is 0. The predicted octanol–water partition coefficient (Wildman–Crippen LogP) is 8.48. The molecule has 0 fully saturated rings. The number of alkyl halides is 5. The van der Waals surface area contributed by atoms with Crippen molar-refractivity contribution in [3.05, 3.63) is 94.8 Å². The molecule has 2 nitrogen and oxygen atoms in total. The highest BCUT2D eigenvalue weighted by molar-refractivity contribution is 5.66. The summed E-state index contributed by atoms with van der Waals surface area (Å²) in [5.74, 6) is -7.83. The number of fused-ring (bicyclic) bond motifs is 1. The zero-order chi connectivity index (χ0) is 27.0. The molecular weight excluding hydrogens is 508 g/mol. The first-order valence-corrected chi connectivity index (χ1v) is 11.3. The van der Waals surface area contributed by atoms with Crippen molar-refractivity contribution in [2.45, 2.75) is 38.7 Å². The van der Waals surface area contributed by atoms with Crippen LogP contribution in [0, 0.1) is 23.4 Å². The highest BCUT2D eigenvalue weighted by Crippen LogP contribution is 2.38. The summed E-state index contributed by atoms with van der Waals surface area (Å²) in [6, 6.07) is 8.65. The van der Waals surface area contributed by atoms with Crippen molar-refractivity contribution >= 4 is 0 Å². The minimum atomic E-state index is -5.41. The van der Waals surface area contributed by atoms with Gasteiger partial charge in [-0.05, 0) is 59.6 Å². The van der Waals surface area contributed by atoms with Crippen LogP contribution in [0.4, 0.5) is 35.1 Å². The van der Waals surface area contributed by atoms with Crippen molar-refractivity contribution in [3.8, 4) is 22.6 Å². The van der Waals surface area contributed by atoms with E-state index in [0.29, 0.717) is 17.0 Å². The Morgan fingerprint density at radius 1 is 0.784 bits per heavy atom. The molecule has 0 aromatic heterocycles. The molecule has 0 heterocycles. The van der Waals surface area contributed by atoms with Gasteiger partial charge < -0.3 is 9.47 Å². The Bertz CT molecular complexity index is 1310. The smallest absolute Gasteiger partial charge is 0.429 e. The predicted molar refractivity (Wildman–Crippen MR) is 120 cm³/mol. The molecule has 1 atom stereocenters. The minimum absolute atomic E-state index is 0.0812. The van der Waals surface area contributed by atoms with Crippen molar-refractivity contribution < 1.29 is 44.6 Å². The SMILES string of the molecule is CCC=CC1Cc2ccc(-c3ccc(C(F)(F)Oc4cc(F)c(OC(F)(F)F)c(F)c4)c(F)c3)cc2C1. The molecule has 10 heteroatoms. The molecule has 1 aliphatic carbocycles. The van der Waals surface area contributed by atoms with Crippen molar-refractivity contribution in [3.63, 3.8) is 0 Å². The Morgan fingerprint density at radius 2 is 1.41 bits per heavy atom. The highest BCUT2D eigenvalue weighted by Gasteiger charge is 2.39. The summed E-state index contributed by atoms with van der Waals surface area (Å²) >= 11 is 0. The fourth-order valence-corrected chi connectivity index (χ4v) is 4.24. The van der Waals surface area contributed by atoms with Crippen LogP contribution in [-0.4, -0.2) is 6.36 Å². The van der Waals surface area contributed by atoms with E-state index in [-0.39, 0.29) is 12.1 Å². The molecule has 1 unspecified atom stereocenters. The van der Waals surface area contributed by atoms with Gasteiger partial charge in [0.2, 0.25) is 5.75 Å². The zero-order valence-corrected chi connectivity index (χ0v) is 19.3. The maximum absolute atomic E-state index is 14.8. The van der Waals surface area contributed by atoms with Crippen molar-refractivity contribution in [2.24, 2.45) is 5.92 Å². The van der Waals surface area contributed by atoms with Crippen LogP contribution in [-0.2, 0) is 19.0 Å². The quantitative estimate of drug-likeness (QED) is 0.226. The van der Waals surface area contributed by atoms with Gasteiger partial charge in [0, 0.05) is 12.1 Å². The van der Waals surface area contributed by atoms with Gasteiger partial charge in [-0.15, -0.1) is 13.2 Å². The monoisotopic (exact) mass is 528 g/mol. The highest BCUT2D eigenvalue weighted by atomic mass is 19.4. The van der Waals surface area contributed by atoms with Crippen LogP contribution in [0.2, 0.25) is 0 Å². The number of hydrogen-bond acceptors (Lipinski definition) is 2. The van der Waals surface area contributed by atoms with E-state index in [9.17, 15) is 35.1 Å². The summed E-state index contributed by atoms with van der Waals surface area (Å²) in [6.07, 6.45) is -2.93. The second kappa shape index (κ2) is 10.1. The molecule has 0 saturated carbocycles. The lowest BCUT2D eigenvalue weighted by atomic mass is 9.99. The molecule has 1 aliphatic rings. The van der Waals surface area contributed by atoms with E-state index in [1.54, 1.807) is 6.07 Å². The van der Waals surface area contributed by atoms with Gasteiger partial charge in [-0.3, -0.25) is 0 Å². The number of hydrogen-bond donors (Lipinski definition) is 0. The molecule has 4 rings (SSSR count). The maximum Gasteiger partial charge on any atom is 0.573 e. The van der Waals surface area contributed by atoms with Crippen LogP contribution in [0.3, 0.4) is 0 Å². The van der Waals surface area contributed by atoms with E-state index in [4.69, 9.17) is 0 Å². The van der Waals surface area contributed by atoms with Gasteiger partial charge in [0.15, 0.2) is 11.6 Å². The Kier molecular flexibility index (Phi) is 7.21. The number of allylic oxidation sites excluding steroid dienone is 2. The van der Waals surface area contributed by atoms with Gasteiger partial charge in [0.1, 0.15) is 11.6 Å². The fourth-order valence-electron chi connectivity index (χ4n) is 4.24. The average molecular weight is 528 g/mol. The first kappa shape index (κ1) is 26.5. The van der Waals surface area contributed by atoms with Crippen molar-refractivity contribution in [1.82, 2.24) is 0 Å². The van der Waals surface area contributed by atoms with Gasteiger partial charge in [-0.1, -0.05) is 43.3 Å². The fraction of sp³-hybridized carbons (Fsp3) is 0.259. The van der Waals surface area contributed by atoms with Crippen LogP contribution in [0.1, 0.15) is 30.0 Å². The summed E-state index contributed by atoms with van der Waals surface area (Å²) in [5, 5.41) is 0. The van der Waals surface area contributed by atoms with Crippen LogP contribution in [0.25, 0.3) is 11.1 Å². The van der Waals surface area contributed by atoms with Gasteiger partial charge >= 0.3 is 12.5 Å². The number of ether oxygens (including phenoxy) is 2. The van der Waals surface area contributed by atoms with Gasteiger partial charge in [-0.25, -0.2) is 13.2 Å². The first-order valence-electron chi connectivity index (χ1n) is 11.3. The van der Waals surface area contributed by atoms with Crippen LogP contribution < -0.4 is 9.47 Å². The molecular formula is C27H20F8O2. The second-order valence-electron chi connectivity index (χ2n) is 8.57. The molecule has 37 heavy (non-hydrogen) atoms. The number of benzene rings is 3. The molecule has 3 aromatic carbocycles. The molecule has 3 aromatic rings. The molecule has 0 saturated heterocycles. The van der Waals surface area contributed by atoms with Gasteiger partial charge in [0.25, 0.3) is 0 Å². The van der Waals surface area contributed by atoms with E-state index < -0.39 is 47.0 Å². The van der Waals surface area contributed by atoms with Crippen molar-refractivity contribution in [2.75, 3.05) is 0 Å². The summed E-state index contributed by atoms with van der Waals surface area (Å²) in [5.41, 5.74) is 1.98. The lowest BCUT2D eigenvalue weighted by molar-refractivity contribution is -0.276. The standard InChI is InChI=1S/C27H20F8O2/c1-2-3-4-15-9-16-5-6-17(11-19(16)10-15)18-7-8-21(22(28)12-18)26(31,32)36-20-13-23(29)25(24(30)14-20)37-27(33,34)35/h3-8,11-15H,2,9-10H2,1H3. The normalized spacial score (nSPS) is 15.8. The largest absolute Gasteiger partial charge is 0.573 e. The average Bonchev–Trinajstić information content (AvgIpc) is 3.21. The van der Waals surface area contributed by atoms with Gasteiger partial charge in [0.05, 0.1) is 5.56 Å². The summed E-state index contributed by atoms with van der Waals surface area (Å²) < 4.78 is 116. The van der Waals surface area contributed by atoms with Crippen LogP contribution in [0.5, 0.6) is 11.5 Å². The third kappa shape index (κ3) is 6.06. The Hall–Kier alpha value is -3.56. The second-order valence-corrected chi connectivity index (χ2v) is 8.57. The number of halogens is 8. The first-order chi connectivity index (χ1) is 17.4. The third-order valence-corrected chi connectivity index (χ3v) is 5.87. The van der Waals surface area contributed by atoms with Crippen LogP contribution in [0.15, 0.2) is 60.7 Å². The molecule has 0 radical (unpaired) electrons. The van der Waals surface area contributed by atoms with E-state index >= 15 is 0 Å². The van der Waals surface area contributed by atoms with Crippen LogP contribution >= 0.6 is 0 Å². The topological polar surface area (TPSA) is 18.5 Å². The summed E-state index contributed by atoms with van der Waals surface area (Å²) in [4.78, 5) is 0. The van der Waals surface area contributed by atoms with E-state index in [2.05, 4.69) is 21.6 Å². The zero-order valence-electron chi connectivity index (χ0n) is 19.3. The Morgan fingerprint density at radius 3 is 2.03 bits per heavy atom.